The molecular weight excluding hydrogens is 664 g/mol. The highest BCUT2D eigenvalue weighted by Crippen LogP contribution is 2.33. The smallest absolute Gasteiger partial charge is 0.373 e. The van der Waals surface area contributed by atoms with Crippen molar-refractivity contribution in [2.24, 2.45) is 0 Å². The second-order valence-electron chi connectivity index (χ2n) is 11.3. The number of benzene rings is 2. The van der Waals surface area contributed by atoms with Gasteiger partial charge in [0.1, 0.15) is 0 Å². The maximum Gasteiger partial charge on any atom is 0.416 e. The number of hydrogen-bond acceptors (Lipinski definition) is 6. The predicted octanol–water partition coefficient (Wildman–Crippen LogP) is 4.93. The topological polar surface area (TPSA) is 73.4 Å². The average Bonchev–Trinajstić information content (AvgIpc) is 2.91. The van der Waals surface area contributed by atoms with Crippen LogP contribution in [0.15, 0.2) is 47.4 Å². The van der Waals surface area contributed by atoms with Gasteiger partial charge in [0.25, 0.3) is 5.91 Å². The van der Waals surface area contributed by atoms with Gasteiger partial charge in [-0.25, -0.2) is 12.7 Å². The Morgan fingerprint density at radius 2 is 1.55 bits per heavy atom. The van der Waals surface area contributed by atoms with Gasteiger partial charge in [0.2, 0.25) is 10.0 Å². The van der Waals surface area contributed by atoms with Crippen molar-refractivity contribution in [1.82, 2.24) is 19.0 Å². The van der Waals surface area contributed by atoms with Gasteiger partial charge in [-0.3, -0.25) is 14.6 Å². The van der Waals surface area contributed by atoms with E-state index in [1.54, 1.807) is 17.0 Å². The third-order valence-corrected chi connectivity index (χ3v) is 9.74. The molecule has 2 aromatic rings. The summed E-state index contributed by atoms with van der Waals surface area (Å²) >= 11 is 6.07. The molecule has 0 N–H and O–H groups in total. The summed E-state index contributed by atoms with van der Waals surface area (Å²) in [6.45, 7) is 8.74. The molecule has 2 saturated heterocycles. The van der Waals surface area contributed by atoms with Crippen LogP contribution in [-0.2, 0) is 27.4 Å². The molecule has 248 valence electrons. The normalized spacial score (nSPS) is 21.9. The number of nitrogens with zero attached hydrogens (tertiary/aromatic N) is 4. The van der Waals surface area contributed by atoms with Crippen molar-refractivity contribution in [2.75, 3.05) is 59.9 Å². The number of alkyl halides is 3. The van der Waals surface area contributed by atoms with Crippen molar-refractivity contribution >= 4 is 52.3 Å². The number of carbonyl (C=O) groups excluding carboxylic acids is 1. The first kappa shape index (κ1) is 38.5. The molecule has 0 unspecified atom stereocenters. The van der Waals surface area contributed by atoms with E-state index < -0.39 is 32.6 Å². The molecule has 0 radical (unpaired) electrons. The Bertz CT molecular complexity index is 1360. The molecule has 2 fully saturated rings. The van der Waals surface area contributed by atoms with Crippen LogP contribution in [0.2, 0.25) is 5.02 Å². The van der Waals surface area contributed by atoms with Gasteiger partial charge >= 0.3 is 6.18 Å². The number of sulfonamides is 1. The average molecular weight is 704 g/mol. The fraction of sp³-hybridized carbons (Fsp3) is 0.552. The molecule has 0 aromatic heterocycles. The maximum atomic E-state index is 13.9. The quantitative estimate of drug-likeness (QED) is 0.389. The Kier molecular flexibility index (Phi) is 13.8. The molecular formula is C29H40Cl3F3N4O4S. The molecule has 0 saturated carbocycles. The van der Waals surface area contributed by atoms with Gasteiger partial charge in [-0.2, -0.15) is 13.2 Å². The van der Waals surface area contributed by atoms with E-state index in [-0.39, 0.29) is 48.6 Å². The molecule has 3 atom stereocenters. The van der Waals surface area contributed by atoms with E-state index in [1.807, 2.05) is 12.1 Å². The van der Waals surface area contributed by atoms with Crippen molar-refractivity contribution < 1.29 is 31.1 Å². The van der Waals surface area contributed by atoms with E-state index >= 15 is 0 Å². The minimum absolute atomic E-state index is 0. The van der Waals surface area contributed by atoms with Crippen LogP contribution in [0.1, 0.15) is 35.3 Å². The van der Waals surface area contributed by atoms with Gasteiger partial charge in [0.05, 0.1) is 22.7 Å². The summed E-state index contributed by atoms with van der Waals surface area (Å²) in [4.78, 5) is 19.5. The fourth-order valence-corrected chi connectivity index (χ4v) is 6.72. The summed E-state index contributed by atoms with van der Waals surface area (Å²) in [5, 5.41) is 0.574. The van der Waals surface area contributed by atoms with Gasteiger partial charge in [-0.15, -0.1) is 24.8 Å². The molecule has 2 aliphatic heterocycles. The van der Waals surface area contributed by atoms with E-state index in [4.69, 9.17) is 16.3 Å². The number of amides is 1. The van der Waals surface area contributed by atoms with Crippen molar-refractivity contribution in [3.8, 4) is 0 Å². The SMILES string of the molecule is C[C@@H]1CN(CCN2CCN(C(=O)c3cc(C(F)(F)F)cc(S(=O)(=O)N(C)C)c3)[C@H](Cc3ccc(Cl)cc3)C2)C[C@H](C)O1.Cl.Cl. The molecule has 0 bridgehead atoms. The first-order valence-corrected chi connectivity index (χ1v) is 15.8. The molecule has 0 aliphatic carbocycles. The predicted molar refractivity (Wildman–Crippen MR) is 170 cm³/mol. The van der Waals surface area contributed by atoms with Crippen LogP contribution in [0.5, 0.6) is 0 Å². The van der Waals surface area contributed by atoms with Gasteiger partial charge in [-0.05, 0) is 56.2 Å². The summed E-state index contributed by atoms with van der Waals surface area (Å²) in [6.07, 6.45) is -4.07. The highest BCUT2D eigenvalue weighted by atomic mass is 35.5. The summed E-state index contributed by atoms with van der Waals surface area (Å²) in [6, 6.07) is 9.26. The van der Waals surface area contributed by atoms with E-state index in [0.717, 1.165) is 48.2 Å². The second kappa shape index (κ2) is 15.8. The zero-order chi connectivity index (χ0) is 30.8. The molecule has 8 nitrogen and oxygen atoms in total. The minimum Gasteiger partial charge on any atom is -0.373 e. The highest BCUT2D eigenvalue weighted by molar-refractivity contribution is 7.89. The zero-order valence-electron chi connectivity index (χ0n) is 25.1. The van der Waals surface area contributed by atoms with Crippen molar-refractivity contribution in [2.45, 2.75) is 49.6 Å². The van der Waals surface area contributed by atoms with E-state index in [9.17, 15) is 26.4 Å². The molecule has 2 aliphatic rings. The number of rotatable bonds is 8. The number of morpholine rings is 1. The Morgan fingerprint density at radius 3 is 2.11 bits per heavy atom. The molecule has 0 spiro atoms. The van der Waals surface area contributed by atoms with Gasteiger partial charge in [0, 0.05) is 76.5 Å². The van der Waals surface area contributed by atoms with Crippen LogP contribution in [0.25, 0.3) is 0 Å². The Balaban J connectivity index is 0.00000337. The Labute approximate surface area is 275 Å². The minimum atomic E-state index is -4.83. The monoisotopic (exact) mass is 702 g/mol. The van der Waals surface area contributed by atoms with Gasteiger partial charge in [0.15, 0.2) is 0 Å². The molecule has 4 rings (SSSR count). The standard InChI is InChI=1S/C29H38ClF3N4O4S.2ClH/c1-20-17-36(18-21(2)41-20)10-9-35-11-12-37(26(19-35)13-22-5-7-25(30)8-6-22)28(38)23-14-24(29(31,32)33)16-27(15-23)42(39,40)34(3)4;;/h5-8,14-16,20-21,26H,9-13,17-19H2,1-4H3;2*1H/t20-,21+,26-;;/m1../s1. The van der Waals surface area contributed by atoms with Crippen LogP contribution in [0.3, 0.4) is 0 Å². The summed E-state index contributed by atoms with van der Waals surface area (Å²) in [5.74, 6) is -0.634. The lowest BCUT2D eigenvalue weighted by molar-refractivity contribution is -0.137. The number of halogens is 6. The van der Waals surface area contributed by atoms with Crippen LogP contribution in [0, 0.1) is 0 Å². The molecule has 2 aromatic carbocycles. The fourth-order valence-electron chi connectivity index (χ4n) is 5.62. The number of piperazine rings is 1. The van der Waals surface area contributed by atoms with Crippen molar-refractivity contribution in [1.29, 1.82) is 0 Å². The van der Waals surface area contributed by atoms with Crippen LogP contribution < -0.4 is 0 Å². The third-order valence-electron chi connectivity index (χ3n) is 7.70. The lowest BCUT2D eigenvalue weighted by Gasteiger charge is -2.43. The number of ether oxygens (including phenoxy) is 1. The summed E-state index contributed by atoms with van der Waals surface area (Å²) < 4.78 is 73.7. The van der Waals surface area contributed by atoms with E-state index in [1.165, 1.54) is 14.1 Å². The second-order valence-corrected chi connectivity index (χ2v) is 13.9. The van der Waals surface area contributed by atoms with Gasteiger partial charge in [-0.1, -0.05) is 23.7 Å². The van der Waals surface area contributed by atoms with Crippen LogP contribution in [-0.4, -0.2) is 111 Å². The first-order chi connectivity index (χ1) is 19.6. The molecule has 15 heteroatoms. The zero-order valence-corrected chi connectivity index (χ0v) is 28.3. The molecule has 2 heterocycles. The van der Waals surface area contributed by atoms with E-state index in [2.05, 4.69) is 23.6 Å². The molecule has 44 heavy (non-hydrogen) atoms. The van der Waals surface area contributed by atoms with Gasteiger partial charge < -0.3 is 9.64 Å². The molecule has 1 amide bonds. The highest BCUT2D eigenvalue weighted by Gasteiger charge is 2.36. The Hall–Kier alpha value is -1.64. The number of carbonyl (C=O) groups is 1. The first-order valence-electron chi connectivity index (χ1n) is 13.9. The van der Waals surface area contributed by atoms with Crippen molar-refractivity contribution in [3.05, 3.63) is 64.2 Å². The summed E-state index contributed by atoms with van der Waals surface area (Å²) in [7, 11) is -1.75. The number of hydrogen-bond donors (Lipinski definition) is 0. The maximum absolute atomic E-state index is 13.9. The Morgan fingerprint density at radius 1 is 0.955 bits per heavy atom. The van der Waals surface area contributed by atoms with Crippen molar-refractivity contribution in [3.63, 3.8) is 0 Å². The van der Waals surface area contributed by atoms with Crippen LogP contribution in [0.4, 0.5) is 13.2 Å². The van der Waals surface area contributed by atoms with E-state index in [0.29, 0.717) is 37.1 Å². The lowest BCUT2D eigenvalue weighted by atomic mass is 10.00. The summed E-state index contributed by atoms with van der Waals surface area (Å²) in [5.41, 5.74) is -0.563. The largest absolute Gasteiger partial charge is 0.416 e. The third kappa shape index (κ3) is 9.68. The lowest BCUT2D eigenvalue weighted by Crippen LogP contribution is -2.57. The van der Waals surface area contributed by atoms with Crippen LogP contribution >= 0.6 is 36.4 Å².